The van der Waals surface area contributed by atoms with Crippen molar-refractivity contribution >= 4 is 63.0 Å². The molecular formula is C28H27Cl2N3O6S. The lowest BCUT2D eigenvalue weighted by Gasteiger charge is -2.13. The highest BCUT2D eigenvalue weighted by Gasteiger charge is 2.28. The van der Waals surface area contributed by atoms with Crippen LogP contribution in [-0.4, -0.2) is 37.7 Å². The number of nitrogens with one attached hydrogen (secondary N) is 2. The maximum atomic E-state index is 12.6. The predicted molar refractivity (Wildman–Crippen MR) is 155 cm³/mol. The Kier molecular flexibility index (Phi) is 9.67. The molecule has 0 aliphatic heterocycles. The summed E-state index contributed by atoms with van der Waals surface area (Å²) in [6.45, 7) is 1.87. The van der Waals surface area contributed by atoms with E-state index in [2.05, 4.69) is 15.8 Å². The van der Waals surface area contributed by atoms with E-state index in [1.54, 1.807) is 43.3 Å². The minimum Gasteiger partial charge on any atom is -0.493 e. The number of amides is 2. The van der Waals surface area contributed by atoms with Crippen molar-refractivity contribution < 1.29 is 28.6 Å². The van der Waals surface area contributed by atoms with Gasteiger partial charge in [0.1, 0.15) is 11.6 Å². The highest BCUT2D eigenvalue weighted by Crippen LogP contribution is 2.38. The molecule has 0 atom stereocenters. The number of fused-ring (bicyclic) bond motifs is 1. The number of carbonyl (C=O) groups excluding carboxylic acids is 3. The third-order valence-electron chi connectivity index (χ3n) is 6.30. The van der Waals surface area contributed by atoms with Gasteiger partial charge in [-0.15, -0.1) is 11.3 Å². The molecule has 12 heteroatoms. The number of esters is 1. The maximum absolute atomic E-state index is 12.6. The highest BCUT2D eigenvalue weighted by molar-refractivity contribution is 7.17. The molecule has 0 fully saturated rings. The van der Waals surface area contributed by atoms with Gasteiger partial charge in [-0.05, 0) is 68.5 Å². The number of halogens is 2. The number of methoxy groups -OCH3 is 2. The number of carbonyl (C=O) groups is 3. The Morgan fingerprint density at radius 3 is 2.50 bits per heavy atom. The number of thiophene rings is 1. The Bertz CT molecular complexity index is 1490. The fourth-order valence-electron chi connectivity index (χ4n) is 4.19. The third-order valence-corrected chi connectivity index (χ3v) is 8.09. The molecule has 2 aromatic carbocycles. The second-order valence-electron chi connectivity index (χ2n) is 8.89. The van der Waals surface area contributed by atoms with Crippen molar-refractivity contribution in [3.8, 4) is 11.5 Å². The van der Waals surface area contributed by atoms with Gasteiger partial charge < -0.3 is 19.5 Å². The van der Waals surface area contributed by atoms with Crippen molar-refractivity contribution in [2.24, 2.45) is 5.10 Å². The second kappa shape index (κ2) is 13.2. The molecular weight excluding hydrogens is 577 g/mol. The zero-order chi connectivity index (χ0) is 28.8. The van der Waals surface area contributed by atoms with Gasteiger partial charge in [0.15, 0.2) is 11.5 Å². The first-order valence-electron chi connectivity index (χ1n) is 12.4. The van der Waals surface area contributed by atoms with Gasteiger partial charge in [-0.3, -0.25) is 9.59 Å². The molecule has 1 aliphatic rings. The van der Waals surface area contributed by atoms with Crippen LogP contribution in [0.2, 0.25) is 10.0 Å². The summed E-state index contributed by atoms with van der Waals surface area (Å²) in [6.07, 6.45) is 3.50. The van der Waals surface area contributed by atoms with Gasteiger partial charge in [0.25, 0.3) is 0 Å². The molecule has 2 N–H and O–H groups in total. The number of nitrogens with zero attached hydrogens (tertiary/aromatic N) is 1. The number of hydrogen-bond donors (Lipinski definition) is 2. The number of hydrogen-bond acceptors (Lipinski definition) is 8. The van der Waals surface area contributed by atoms with Crippen LogP contribution in [-0.2, 0) is 33.8 Å². The minimum absolute atomic E-state index is 0.203. The van der Waals surface area contributed by atoms with Gasteiger partial charge in [-0.2, -0.15) is 5.10 Å². The summed E-state index contributed by atoms with van der Waals surface area (Å²) in [7, 11) is 2.79. The monoisotopic (exact) mass is 603 g/mol. The summed E-state index contributed by atoms with van der Waals surface area (Å²) in [5.74, 6) is -1.54. The summed E-state index contributed by atoms with van der Waals surface area (Å²) in [6, 6.07) is 10.3. The first-order chi connectivity index (χ1) is 19.2. The van der Waals surface area contributed by atoms with Crippen LogP contribution in [0.1, 0.15) is 51.7 Å². The minimum atomic E-state index is -0.978. The fraction of sp³-hybridized carbons (Fsp3) is 0.286. The van der Waals surface area contributed by atoms with E-state index in [4.69, 9.17) is 37.4 Å². The van der Waals surface area contributed by atoms with Gasteiger partial charge in [-0.25, -0.2) is 10.2 Å². The van der Waals surface area contributed by atoms with Crippen molar-refractivity contribution in [2.75, 3.05) is 19.5 Å². The van der Waals surface area contributed by atoms with Gasteiger partial charge in [0.2, 0.25) is 0 Å². The molecule has 2 amide bonds. The average molecular weight is 605 g/mol. The van der Waals surface area contributed by atoms with Crippen molar-refractivity contribution in [1.29, 1.82) is 0 Å². The molecule has 0 spiro atoms. The van der Waals surface area contributed by atoms with Crippen molar-refractivity contribution in [2.45, 2.75) is 39.2 Å². The largest absolute Gasteiger partial charge is 0.493 e. The quantitative estimate of drug-likeness (QED) is 0.146. The topological polar surface area (TPSA) is 115 Å². The van der Waals surface area contributed by atoms with Crippen molar-refractivity contribution in [3.63, 3.8) is 0 Å². The number of anilines is 1. The van der Waals surface area contributed by atoms with E-state index in [9.17, 15) is 14.4 Å². The van der Waals surface area contributed by atoms with E-state index in [1.165, 1.54) is 25.6 Å². The molecule has 0 saturated heterocycles. The summed E-state index contributed by atoms with van der Waals surface area (Å²) in [4.78, 5) is 38.6. The highest BCUT2D eigenvalue weighted by atomic mass is 35.5. The van der Waals surface area contributed by atoms with Crippen LogP contribution in [0.25, 0.3) is 0 Å². The fourth-order valence-corrected chi connectivity index (χ4v) is 5.92. The maximum Gasteiger partial charge on any atom is 0.341 e. The van der Waals surface area contributed by atoms with Crippen LogP contribution in [0, 0.1) is 0 Å². The third kappa shape index (κ3) is 6.75. The first kappa shape index (κ1) is 29.4. The average Bonchev–Trinajstić information content (AvgIpc) is 3.32. The first-order valence-corrected chi connectivity index (χ1v) is 13.9. The lowest BCUT2D eigenvalue weighted by molar-refractivity contribution is -0.136. The lowest BCUT2D eigenvalue weighted by atomic mass is 9.95. The van der Waals surface area contributed by atoms with E-state index >= 15 is 0 Å². The Morgan fingerprint density at radius 2 is 1.77 bits per heavy atom. The summed E-state index contributed by atoms with van der Waals surface area (Å²) in [5, 5.41) is 7.94. The van der Waals surface area contributed by atoms with Crippen LogP contribution in [0.4, 0.5) is 5.00 Å². The molecule has 3 aromatic rings. The summed E-state index contributed by atoms with van der Waals surface area (Å²) < 4.78 is 16.2. The number of rotatable bonds is 8. The van der Waals surface area contributed by atoms with E-state index in [1.807, 2.05) is 0 Å². The molecule has 0 bridgehead atoms. The van der Waals surface area contributed by atoms with E-state index in [-0.39, 0.29) is 6.61 Å². The Hall–Kier alpha value is -3.60. The molecule has 40 heavy (non-hydrogen) atoms. The molecule has 4 rings (SSSR count). The zero-order valence-corrected chi connectivity index (χ0v) is 24.4. The van der Waals surface area contributed by atoms with Crippen LogP contribution in [0.5, 0.6) is 11.5 Å². The van der Waals surface area contributed by atoms with Crippen LogP contribution in [0.3, 0.4) is 0 Å². The van der Waals surface area contributed by atoms with Gasteiger partial charge in [0, 0.05) is 26.0 Å². The smallest absolute Gasteiger partial charge is 0.341 e. The number of hydrazone groups is 1. The lowest BCUT2D eigenvalue weighted by Crippen LogP contribution is -2.33. The molecule has 1 heterocycles. The van der Waals surface area contributed by atoms with Crippen molar-refractivity contribution in [3.05, 3.63) is 73.6 Å². The van der Waals surface area contributed by atoms with Gasteiger partial charge in [0.05, 0.1) is 25.5 Å². The van der Waals surface area contributed by atoms with E-state index in [0.717, 1.165) is 41.7 Å². The number of aryl methyl sites for hydroxylation is 1. The molecule has 0 saturated carbocycles. The Labute approximate surface area is 245 Å². The molecule has 0 unspecified atom stereocenters. The molecule has 210 valence electrons. The number of ether oxygens (including phenoxy) is 3. The standard InChI is InChI=1S/C28H27Cl2N3O6S/c1-15(16-9-11-21(22(12-16)37-2)39-14-17-8-10-18(29)13-20(17)30)32-33-26(35)25(34)31-27-24(28(36)38-3)19-6-4-5-7-23(19)40-27/h8-13H,4-7,14H2,1-3H3,(H,31,34)(H,33,35). The molecule has 9 nitrogen and oxygen atoms in total. The van der Waals surface area contributed by atoms with E-state index in [0.29, 0.717) is 43.4 Å². The predicted octanol–water partition coefficient (Wildman–Crippen LogP) is 5.79. The zero-order valence-electron chi connectivity index (χ0n) is 22.1. The van der Waals surface area contributed by atoms with Gasteiger partial charge >= 0.3 is 17.8 Å². The van der Waals surface area contributed by atoms with Crippen molar-refractivity contribution in [1.82, 2.24) is 5.43 Å². The van der Waals surface area contributed by atoms with Crippen LogP contribution >= 0.6 is 34.5 Å². The SMILES string of the molecule is COC(=O)c1c(NC(=O)C(=O)NN=C(C)c2ccc(OCc3ccc(Cl)cc3Cl)c(OC)c2)sc2c1CCCC2. The molecule has 1 aliphatic carbocycles. The number of benzene rings is 2. The molecule has 1 aromatic heterocycles. The molecule has 0 radical (unpaired) electrons. The second-order valence-corrected chi connectivity index (χ2v) is 10.8. The van der Waals surface area contributed by atoms with E-state index < -0.39 is 17.8 Å². The summed E-state index contributed by atoms with van der Waals surface area (Å²) in [5.41, 5.74) is 5.28. The Balaban J connectivity index is 1.41. The van der Waals surface area contributed by atoms with Crippen LogP contribution < -0.4 is 20.2 Å². The summed E-state index contributed by atoms with van der Waals surface area (Å²) >= 11 is 13.5. The van der Waals surface area contributed by atoms with Crippen LogP contribution in [0.15, 0.2) is 41.5 Å². The normalized spacial score (nSPS) is 12.8. The van der Waals surface area contributed by atoms with Gasteiger partial charge in [-0.1, -0.05) is 29.3 Å². The Morgan fingerprint density at radius 1 is 1.00 bits per heavy atom.